The molecule has 3 aliphatic rings. The lowest BCUT2D eigenvalue weighted by molar-refractivity contribution is -0.822. The fourth-order valence-electron chi connectivity index (χ4n) is 4.74. The van der Waals surface area contributed by atoms with Gasteiger partial charge in [-0.2, -0.15) is 0 Å². The minimum atomic E-state index is 0.0562. The minimum absolute atomic E-state index is 0.0562. The Morgan fingerprint density at radius 2 is 1.81 bits per heavy atom. The number of quaternary nitrogens is 1. The SMILES string of the molecule is O=C(c1ccncc1)N1CCC(=C2/C=C\C=C/CC3=C2c2ccccc2C[NH+]3[O-])CC1. The molecule has 1 N–H and O–H groups in total. The summed E-state index contributed by atoms with van der Waals surface area (Å²) in [4.78, 5) is 18.7. The molecule has 3 heterocycles. The van der Waals surface area contributed by atoms with Gasteiger partial charge in [0.05, 0.1) is 0 Å². The molecule has 1 atom stereocenters. The number of aromatic nitrogens is 1. The zero-order valence-corrected chi connectivity index (χ0v) is 17.4. The summed E-state index contributed by atoms with van der Waals surface area (Å²) < 4.78 is 0. The molecule has 2 aromatic rings. The molecule has 0 saturated carbocycles. The lowest BCUT2D eigenvalue weighted by Crippen LogP contribution is -3.04. The summed E-state index contributed by atoms with van der Waals surface area (Å²) in [7, 11) is 0. The number of nitrogens with zero attached hydrogens (tertiary/aromatic N) is 2. The second-order valence-corrected chi connectivity index (χ2v) is 8.15. The third-order valence-electron chi connectivity index (χ3n) is 6.34. The van der Waals surface area contributed by atoms with Crippen molar-refractivity contribution in [3.8, 4) is 0 Å². The van der Waals surface area contributed by atoms with E-state index in [2.05, 4.69) is 41.4 Å². The summed E-state index contributed by atoms with van der Waals surface area (Å²) in [6.07, 6.45) is 13.9. The van der Waals surface area contributed by atoms with Crippen molar-refractivity contribution in [1.29, 1.82) is 0 Å². The lowest BCUT2D eigenvalue weighted by atomic mass is 9.83. The quantitative estimate of drug-likeness (QED) is 0.732. The van der Waals surface area contributed by atoms with Gasteiger partial charge in [0.1, 0.15) is 12.2 Å². The summed E-state index contributed by atoms with van der Waals surface area (Å²) in [5.74, 6) is 0.0562. The zero-order chi connectivity index (χ0) is 21.2. The third kappa shape index (κ3) is 3.78. The van der Waals surface area contributed by atoms with Crippen molar-refractivity contribution in [3.05, 3.63) is 112 Å². The summed E-state index contributed by atoms with van der Waals surface area (Å²) in [5, 5.41) is 13.2. The van der Waals surface area contributed by atoms with Gasteiger partial charge in [0.15, 0.2) is 0 Å². The van der Waals surface area contributed by atoms with E-state index in [1.54, 1.807) is 24.5 Å². The molecule has 0 bridgehead atoms. The van der Waals surface area contributed by atoms with Gasteiger partial charge in [0.25, 0.3) is 5.91 Å². The summed E-state index contributed by atoms with van der Waals surface area (Å²) in [6, 6.07) is 11.8. The number of allylic oxidation sites excluding steroid dienone is 6. The number of piperidine rings is 1. The molecule has 0 radical (unpaired) electrons. The van der Waals surface area contributed by atoms with E-state index < -0.39 is 0 Å². The van der Waals surface area contributed by atoms with Crippen molar-refractivity contribution in [3.63, 3.8) is 0 Å². The van der Waals surface area contributed by atoms with Gasteiger partial charge in [-0.05, 0) is 36.1 Å². The Labute approximate surface area is 182 Å². The highest BCUT2D eigenvalue weighted by molar-refractivity contribution is 5.94. The Balaban J connectivity index is 1.50. The number of hydrogen-bond donors (Lipinski definition) is 1. The Morgan fingerprint density at radius 1 is 1.03 bits per heavy atom. The fraction of sp³-hybridized carbons (Fsp3) is 0.231. The standard InChI is InChI=1S/C26H25N3O2/c30-26(20-10-14-27-15-11-20)28-16-12-19(13-17-28)22-7-2-1-3-9-24-25(22)23-8-5-4-6-21(23)18-29(24)31/h1-8,10-11,14-15,29H,9,12-13,16-18H2/b3-1-,7-2-. The smallest absolute Gasteiger partial charge is 0.253 e. The van der Waals surface area contributed by atoms with Crippen LogP contribution in [0, 0.1) is 5.21 Å². The molecular formula is C26H25N3O2. The Morgan fingerprint density at radius 3 is 2.61 bits per heavy atom. The van der Waals surface area contributed by atoms with E-state index in [-0.39, 0.29) is 11.0 Å². The fourth-order valence-corrected chi connectivity index (χ4v) is 4.74. The van der Waals surface area contributed by atoms with Crippen molar-refractivity contribution in [2.24, 2.45) is 0 Å². The van der Waals surface area contributed by atoms with Crippen LogP contribution in [-0.4, -0.2) is 28.9 Å². The van der Waals surface area contributed by atoms with Crippen LogP contribution in [0.4, 0.5) is 0 Å². The second kappa shape index (κ2) is 8.46. The molecule has 1 unspecified atom stereocenters. The van der Waals surface area contributed by atoms with E-state index in [0.29, 0.717) is 31.6 Å². The van der Waals surface area contributed by atoms with E-state index >= 15 is 0 Å². The van der Waals surface area contributed by atoms with E-state index in [9.17, 15) is 10.0 Å². The molecule has 1 aromatic heterocycles. The van der Waals surface area contributed by atoms with Gasteiger partial charge in [0, 0.05) is 48.6 Å². The van der Waals surface area contributed by atoms with Crippen molar-refractivity contribution in [1.82, 2.24) is 9.88 Å². The first-order valence-corrected chi connectivity index (χ1v) is 10.8. The van der Waals surface area contributed by atoms with Crippen LogP contribution in [0.5, 0.6) is 0 Å². The van der Waals surface area contributed by atoms with Crippen LogP contribution >= 0.6 is 0 Å². The number of hydrogen-bond acceptors (Lipinski definition) is 3. The largest absolute Gasteiger partial charge is 0.629 e. The molecule has 5 heteroatoms. The molecule has 1 fully saturated rings. The minimum Gasteiger partial charge on any atom is -0.629 e. The number of amides is 1. The Kier molecular flexibility index (Phi) is 5.37. The van der Waals surface area contributed by atoms with Crippen LogP contribution < -0.4 is 5.06 Å². The third-order valence-corrected chi connectivity index (χ3v) is 6.34. The molecule has 1 aliphatic carbocycles. The van der Waals surface area contributed by atoms with Crippen LogP contribution in [0.15, 0.2) is 89.9 Å². The van der Waals surface area contributed by atoms with E-state index in [4.69, 9.17) is 0 Å². The zero-order valence-electron chi connectivity index (χ0n) is 17.4. The molecule has 1 amide bonds. The maximum Gasteiger partial charge on any atom is 0.253 e. The Hall–Kier alpha value is -3.28. The van der Waals surface area contributed by atoms with Crippen LogP contribution in [0.2, 0.25) is 0 Å². The number of hydroxylamine groups is 2. The Bertz CT molecular complexity index is 1120. The summed E-state index contributed by atoms with van der Waals surface area (Å²) in [6.45, 7) is 1.84. The molecule has 31 heavy (non-hydrogen) atoms. The van der Waals surface area contributed by atoms with Gasteiger partial charge >= 0.3 is 0 Å². The van der Waals surface area contributed by atoms with E-state index in [0.717, 1.165) is 35.2 Å². The van der Waals surface area contributed by atoms with Gasteiger partial charge in [-0.1, -0.05) is 54.1 Å². The van der Waals surface area contributed by atoms with E-state index in [1.807, 2.05) is 17.0 Å². The second-order valence-electron chi connectivity index (χ2n) is 8.15. The topological polar surface area (TPSA) is 60.7 Å². The first kappa shape index (κ1) is 19.7. The molecule has 0 spiro atoms. The number of fused-ring (bicyclic) bond motifs is 2. The van der Waals surface area contributed by atoms with Gasteiger partial charge in [0.2, 0.25) is 0 Å². The van der Waals surface area contributed by atoms with Gasteiger partial charge < -0.3 is 15.2 Å². The molecule has 2 aliphatic heterocycles. The highest BCUT2D eigenvalue weighted by Gasteiger charge is 2.29. The number of carbonyl (C=O) groups excluding carboxylic acids is 1. The average molecular weight is 412 g/mol. The normalized spacial score (nSPS) is 22.9. The van der Waals surface area contributed by atoms with Crippen molar-refractivity contribution < 1.29 is 9.86 Å². The van der Waals surface area contributed by atoms with Crippen LogP contribution in [-0.2, 0) is 6.54 Å². The average Bonchev–Trinajstić information content (AvgIpc) is 2.80. The van der Waals surface area contributed by atoms with E-state index in [1.165, 1.54) is 11.1 Å². The van der Waals surface area contributed by atoms with Gasteiger partial charge in [-0.3, -0.25) is 9.78 Å². The summed E-state index contributed by atoms with van der Waals surface area (Å²) in [5.41, 5.74) is 7.45. The number of pyridine rings is 1. The van der Waals surface area contributed by atoms with Crippen molar-refractivity contribution >= 4 is 11.5 Å². The predicted octanol–water partition coefficient (Wildman–Crippen LogP) is 3.44. The molecule has 156 valence electrons. The monoisotopic (exact) mass is 411 g/mol. The highest BCUT2D eigenvalue weighted by atomic mass is 16.5. The molecule has 5 rings (SSSR count). The molecule has 5 nitrogen and oxygen atoms in total. The maximum atomic E-state index is 13.0. The number of nitrogens with one attached hydrogen (secondary N) is 1. The first-order valence-electron chi connectivity index (χ1n) is 10.8. The van der Waals surface area contributed by atoms with Crippen LogP contribution in [0.3, 0.4) is 0 Å². The summed E-state index contributed by atoms with van der Waals surface area (Å²) >= 11 is 0. The van der Waals surface area contributed by atoms with Gasteiger partial charge in [-0.25, -0.2) is 0 Å². The number of benzene rings is 1. The maximum absolute atomic E-state index is 13.0. The number of likely N-dealkylation sites (tertiary alicyclic amines) is 1. The van der Waals surface area contributed by atoms with Crippen LogP contribution in [0.25, 0.3) is 5.57 Å². The van der Waals surface area contributed by atoms with Crippen LogP contribution in [0.1, 0.15) is 40.7 Å². The van der Waals surface area contributed by atoms with Crippen molar-refractivity contribution in [2.75, 3.05) is 13.1 Å². The number of rotatable bonds is 1. The van der Waals surface area contributed by atoms with Gasteiger partial charge in [-0.15, -0.1) is 0 Å². The first-order chi connectivity index (χ1) is 15.2. The molecule has 1 aromatic carbocycles. The molecule has 1 saturated heterocycles. The highest BCUT2D eigenvalue weighted by Crippen LogP contribution is 2.37. The predicted molar refractivity (Wildman–Crippen MR) is 121 cm³/mol. The van der Waals surface area contributed by atoms with Crippen molar-refractivity contribution in [2.45, 2.75) is 25.8 Å². The lowest BCUT2D eigenvalue weighted by Gasteiger charge is -2.35. The number of carbonyl (C=O) groups is 1. The molecular weight excluding hydrogens is 386 g/mol.